The molecule has 0 spiro atoms. The van der Waals surface area contributed by atoms with Gasteiger partial charge in [-0.15, -0.1) is 0 Å². The number of urea groups is 1. The fourth-order valence-corrected chi connectivity index (χ4v) is 2.47. The molecular weight excluding hydrogens is 262 g/mol. The number of carbonyl (C=O) groups excluding carboxylic acids is 1. The first-order chi connectivity index (χ1) is 9.54. The lowest BCUT2D eigenvalue weighted by Crippen LogP contribution is -2.50. The molecule has 7 heteroatoms. The van der Waals surface area contributed by atoms with E-state index in [0.29, 0.717) is 5.69 Å². The van der Waals surface area contributed by atoms with Crippen LogP contribution in [0.1, 0.15) is 25.7 Å². The average molecular weight is 279 g/mol. The summed E-state index contributed by atoms with van der Waals surface area (Å²) in [5, 5.41) is 25.4. The third-order valence-corrected chi connectivity index (χ3v) is 3.56. The Labute approximate surface area is 116 Å². The first kappa shape index (κ1) is 14.3. The lowest BCUT2D eigenvalue weighted by Gasteiger charge is -2.27. The number of aliphatic hydroxyl groups is 1. The molecule has 2 rings (SSSR count). The van der Waals surface area contributed by atoms with Crippen molar-refractivity contribution in [1.29, 1.82) is 0 Å². The van der Waals surface area contributed by atoms with Crippen LogP contribution in [0.3, 0.4) is 0 Å². The summed E-state index contributed by atoms with van der Waals surface area (Å²) in [7, 11) is 0. The zero-order chi connectivity index (χ0) is 14.6. The van der Waals surface area contributed by atoms with Crippen LogP contribution in [0.15, 0.2) is 24.3 Å². The summed E-state index contributed by atoms with van der Waals surface area (Å²) in [6.07, 6.45) is 3.42. The number of aliphatic hydroxyl groups excluding tert-OH is 1. The lowest BCUT2D eigenvalue weighted by atomic mass is 9.99. The van der Waals surface area contributed by atoms with E-state index in [4.69, 9.17) is 0 Å². The van der Waals surface area contributed by atoms with Crippen LogP contribution in [0.2, 0.25) is 0 Å². The number of anilines is 1. The van der Waals surface area contributed by atoms with Gasteiger partial charge >= 0.3 is 6.03 Å². The maximum absolute atomic E-state index is 11.9. The predicted octanol–water partition coefficient (Wildman–Crippen LogP) is 2.02. The van der Waals surface area contributed by atoms with E-state index in [2.05, 4.69) is 10.6 Å². The Balaban J connectivity index is 2.01. The minimum atomic E-state index is -0.565. The number of nitrogens with zero attached hydrogens (tertiary/aromatic N) is 1. The maximum atomic E-state index is 11.9. The second-order valence-corrected chi connectivity index (χ2v) is 5.03. The number of hydrogen-bond acceptors (Lipinski definition) is 4. The Morgan fingerprint density at radius 2 is 2.10 bits per heavy atom. The van der Waals surface area contributed by atoms with Gasteiger partial charge < -0.3 is 15.7 Å². The van der Waals surface area contributed by atoms with Crippen LogP contribution >= 0.6 is 0 Å². The van der Waals surface area contributed by atoms with Crippen LogP contribution in [-0.2, 0) is 0 Å². The second kappa shape index (κ2) is 5.87. The third kappa shape index (κ3) is 3.24. The molecule has 3 N–H and O–H groups in total. The van der Waals surface area contributed by atoms with Crippen LogP contribution in [0, 0.1) is 10.1 Å². The van der Waals surface area contributed by atoms with E-state index < -0.39 is 16.5 Å². The fraction of sp³-hybridized carbons (Fsp3) is 0.462. The van der Waals surface area contributed by atoms with Crippen LogP contribution in [-0.4, -0.2) is 28.2 Å². The van der Waals surface area contributed by atoms with Crippen molar-refractivity contribution in [2.24, 2.45) is 0 Å². The second-order valence-electron chi connectivity index (χ2n) is 5.03. The number of hydrogen-bond donors (Lipinski definition) is 3. The van der Waals surface area contributed by atoms with Gasteiger partial charge in [0.1, 0.15) is 0 Å². The Morgan fingerprint density at radius 1 is 1.40 bits per heavy atom. The molecule has 2 amide bonds. The molecule has 0 heterocycles. The van der Waals surface area contributed by atoms with E-state index >= 15 is 0 Å². The molecule has 1 fully saturated rings. The van der Waals surface area contributed by atoms with Crippen molar-refractivity contribution in [3.63, 3.8) is 0 Å². The Hall–Kier alpha value is -2.15. The van der Waals surface area contributed by atoms with E-state index in [1.54, 1.807) is 6.07 Å². The molecule has 108 valence electrons. The summed E-state index contributed by atoms with van der Waals surface area (Å²) in [6, 6.07) is 5.27. The van der Waals surface area contributed by atoms with Gasteiger partial charge in [0, 0.05) is 17.8 Å². The summed E-state index contributed by atoms with van der Waals surface area (Å²) in [5.41, 5.74) is -0.298. The quantitative estimate of drug-likeness (QED) is 0.579. The van der Waals surface area contributed by atoms with Gasteiger partial charge in [-0.05, 0) is 18.9 Å². The highest BCUT2D eigenvalue weighted by Crippen LogP contribution is 2.29. The highest BCUT2D eigenvalue weighted by atomic mass is 16.6. The van der Waals surface area contributed by atoms with Gasteiger partial charge in [-0.2, -0.15) is 0 Å². The zero-order valence-electron chi connectivity index (χ0n) is 11.0. The van der Waals surface area contributed by atoms with Crippen LogP contribution in [0.5, 0.6) is 0 Å². The van der Waals surface area contributed by atoms with Gasteiger partial charge in [0.2, 0.25) is 0 Å². The van der Waals surface area contributed by atoms with Crippen LogP contribution in [0.25, 0.3) is 0 Å². The van der Waals surface area contributed by atoms with E-state index in [0.717, 1.165) is 25.7 Å². The molecule has 7 nitrogen and oxygen atoms in total. The van der Waals surface area contributed by atoms with E-state index in [1.165, 1.54) is 18.2 Å². The Morgan fingerprint density at radius 3 is 2.70 bits per heavy atom. The first-order valence-electron chi connectivity index (χ1n) is 6.49. The summed E-state index contributed by atoms with van der Waals surface area (Å²) in [4.78, 5) is 22.1. The van der Waals surface area contributed by atoms with Gasteiger partial charge in [-0.3, -0.25) is 10.1 Å². The van der Waals surface area contributed by atoms with Gasteiger partial charge in [0.15, 0.2) is 0 Å². The molecular formula is C13H17N3O4. The number of nitro benzene ring substituents is 1. The highest BCUT2D eigenvalue weighted by Gasteiger charge is 2.34. The predicted molar refractivity (Wildman–Crippen MR) is 73.5 cm³/mol. The molecule has 0 unspecified atom stereocenters. The van der Waals surface area contributed by atoms with Crippen molar-refractivity contribution in [2.45, 2.75) is 31.2 Å². The minimum Gasteiger partial charge on any atom is -0.394 e. The molecule has 0 bridgehead atoms. The zero-order valence-corrected chi connectivity index (χ0v) is 11.0. The molecule has 1 aromatic rings. The minimum absolute atomic E-state index is 0.0828. The molecule has 0 aliphatic heterocycles. The normalized spacial score (nSPS) is 16.6. The van der Waals surface area contributed by atoms with Crippen molar-refractivity contribution >= 4 is 17.4 Å². The summed E-state index contributed by atoms with van der Waals surface area (Å²) in [5.74, 6) is 0. The molecule has 0 aromatic heterocycles. The number of carbonyl (C=O) groups is 1. The maximum Gasteiger partial charge on any atom is 0.319 e. The molecule has 20 heavy (non-hydrogen) atoms. The van der Waals surface area contributed by atoms with E-state index in [-0.39, 0.29) is 12.3 Å². The number of nitro groups is 1. The number of rotatable bonds is 4. The summed E-state index contributed by atoms with van der Waals surface area (Å²) >= 11 is 0. The first-order valence-corrected chi connectivity index (χ1v) is 6.49. The van der Waals surface area contributed by atoms with Gasteiger partial charge in [0.05, 0.1) is 17.1 Å². The SMILES string of the molecule is O=C(Nc1cccc([N+](=O)[O-])c1)NC1(CO)CCCC1. The van der Waals surface area contributed by atoms with Crippen molar-refractivity contribution in [1.82, 2.24) is 5.32 Å². The molecule has 1 aliphatic rings. The van der Waals surface area contributed by atoms with E-state index in [9.17, 15) is 20.0 Å². The number of benzene rings is 1. The molecule has 1 saturated carbocycles. The van der Waals surface area contributed by atoms with Gasteiger partial charge in [-0.1, -0.05) is 18.9 Å². The van der Waals surface area contributed by atoms with Crippen LogP contribution < -0.4 is 10.6 Å². The van der Waals surface area contributed by atoms with Crippen molar-refractivity contribution in [3.05, 3.63) is 34.4 Å². The molecule has 1 aliphatic carbocycles. The summed E-state index contributed by atoms with van der Waals surface area (Å²) < 4.78 is 0. The fourth-order valence-electron chi connectivity index (χ4n) is 2.47. The summed E-state index contributed by atoms with van der Waals surface area (Å²) in [6.45, 7) is -0.102. The molecule has 0 atom stereocenters. The Bertz CT molecular complexity index is 512. The largest absolute Gasteiger partial charge is 0.394 e. The Kier molecular flexibility index (Phi) is 4.19. The number of amides is 2. The third-order valence-electron chi connectivity index (χ3n) is 3.56. The molecule has 0 saturated heterocycles. The topological polar surface area (TPSA) is 104 Å². The standard InChI is InChI=1S/C13H17N3O4/c17-9-13(6-1-2-7-13)15-12(18)14-10-4-3-5-11(8-10)16(19)20/h3-5,8,17H,1-2,6-7,9H2,(H2,14,15,18). The van der Waals surface area contributed by atoms with Gasteiger partial charge in [0.25, 0.3) is 5.69 Å². The highest BCUT2D eigenvalue weighted by molar-refractivity contribution is 5.90. The lowest BCUT2D eigenvalue weighted by molar-refractivity contribution is -0.384. The van der Waals surface area contributed by atoms with Crippen molar-refractivity contribution < 1.29 is 14.8 Å². The number of nitrogens with one attached hydrogen (secondary N) is 2. The van der Waals surface area contributed by atoms with Gasteiger partial charge in [-0.25, -0.2) is 4.79 Å². The number of non-ortho nitro benzene ring substituents is 1. The smallest absolute Gasteiger partial charge is 0.319 e. The molecule has 0 radical (unpaired) electrons. The van der Waals surface area contributed by atoms with Crippen molar-refractivity contribution in [2.75, 3.05) is 11.9 Å². The average Bonchev–Trinajstić information content (AvgIpc) is 2.88. The van der Waals surface area contributed by atoms with Crippen LogP contribution in [0.4, 0.5) is 16.2 Å². The monoisotopic (exact) mass is 279 g/mol. The van der Waals surface area contributed by atoms with Crippen molar-refractivity contribution in [3.8, 4) is 0 Å². The van der Waals surface area contributed by atoms with E-state index in [1.807, 2.05) is 0 Å². The molecule has 1 aromatic carbocycles.